The predicted octanol–water partition coefficient (Wildman–Crippen LogP) is 2.82. The van der Waals surface area contributed by atoms with Crippen LogP contribution < -0.4 is 0 Å². The molecular weight excluding hydrogens is 204 g/mol. The molecule has 1 aromatic heterocycles. The van der Waals surface area contributed by atoms with E-state index in [1.165, 1.54) is 6.42 Å². The molecule has 0 radical (unpaired) electrons. The van der Waals surface area contributed by atoms with E-state index in [2.05, 4.69) is 6.92 Å². The van der Waals surface area contributed by atoms with Gasteiger partial charge in [-0.15, -0.1) is 0 Å². The Bertz CT molecular complexity index is 407. The van der Waals surface area contributed by atoms with Gasteiger partial charge < -0.3 is 9.15 Å². The topological polar surface area (TPSA) is 39.4 Å². The molecule has 3 atom stereocenters. The maximum absolute atomic E-state index is 11.3. The van der Waals surface area contributed by atoms with Gasteiger partial charge in [0.15, 0.2) is 0 Å². The fourth-order valence-corrected chi connectivity index (χ4v) is 2.32. The molecule has 3 heteroatoms. The van der Waals surface area contributed by atoms with Crippen molar-refractivity contribution in [3.63, 3.8) is 0 Å². The van der Waals surface area contributed by atoms with E-state index in [0.29, 0.717) is 25.4 Å². The van der Waals surface area contributed by atoms with Crippen molar-refractivity contribution in [3.8, 4) is 0 Å². The quantitative estimate of drug-likeness (QED) is 0.769. The summed E-state index contributed by atoms with van der Waals surface area (Å²) >= 11 is 0. The van der Waals surface area contributed by atoms with Crippen molar-refractivity contribution in [2.75, 3.05) is 6.61 Å². The van der Waals surface area contributed by atoms with Gasteiger partial charge >= 0.3 is 0 Å². The van der Waals surface area contributed by atoms with Crippen molar-refractivity contribution < 1.29 is 13.9 Å². The fraction of sp³-hybridized carbons (Fsp3) is 0.615. The molecule has 1 saturated heterocycles. The lowest BCUT2D eigenvalue weighted by molar-refractivity contribution is -0.129. The highest BCUT2D eigenvalue weighted by molar-refractivity contribution is 5.79. The number of hydrogen-bond acceptors (Lipinski definition) is 3. The lowest BCUT2D eigenvalue weighted by Gasteiger charge is -2.19. The zero-order valence-electron chi connectivity index (χ0n) is 9.44. The van der Waals surface area contributed by atoms with Crippen LogP contribution in [0.3, 0.4) is 0 Å². The van der Waals surface area contributed by atoms with Crippen molar-refractivity contribution in [2.45, 2.75) is 38.2 Å². The summed E-state index contributed by atoms with van der Waals surface area (Å²) < 4.78 is 11.3. The third kappa shape index (κ3) is 1.80. The van der Waals surface area contributed by atoms with Crippen molar-refractivity contribution in [2.24, 2.45) is 5.92 Å². The fourth-order valence-electron chi connectivity index (χ4n) is 2.32. The summed E-state index contributed by atoms with van der Waals surface area (Å²) in [6, 6.07) is 4.00. The highest BCUT2D eigenvalue weighted by atomic mass is 16.5. The monoisotopic (exact) mass is 220 g/mol. The third-order valence-electron chi connectivity index (χ3n) is 3.55. The largest absolute Gasteiger partial charge is 0.463 e. The van der Waals surface area contributed by atoms with E-state index in [1.54, 1.807) is 0 Å². The molecule has 1 aliphatic heterocycles. The van der Waals surface area contributed by atoms with Crippen LogP contribution in [0.25, 0.3) is 0 Å². The predicted molar refractivity (Wildman–Crippen MR) is 58.2 cm³/mol. The minimum atomic E-state index is -0.149. The Morgan fingerprint density at radius 2 is 2.06 bits per heavy atom. The lowest BCUT2D eigenvalue weighted by Crippen LogP contribution is -2.18. The van der Waals surface area contributed by atoms with Gasteiger partial charge in [-0.2, -0.15) is 0 Å². The Morgan fingerprint density at radius 3 is 2.75 bits per heavy atom. The first-order valence-corrected chi connectivity index (χ1v) is 5.97. The zero-order valence-corrected chi connectivity index (χ0v) is 9.44. The summed E-state index contributed by atoms with van der Waals surface area (Å²) in [7, 11) is 0. The summed E-state index contributed by atoms with van der Waals surface area (Å²) in [6.45, 7) is 2.76. The van der Waals surface area contributed by atoms with Crippen molar-refractivity contribution in [3.05, 3.63) is 23.7 Å². The van der Waals surface area contributed by atoms with Gasteiger partial charge in [-0.3, -0.25) is 4.79 Å². The van der Waals surface area contributed by atoms with Gasteiger partial charge in [0.2, 0.25) is 0 Å². The molecule has 3 rings (SSSR count). The molecular formula is C13H16O3. The van der Waals surface area contributed by atoms with Crippen LogP contribution in [-0.2, 0) is 9.53 Å². The first kappa shape index (κ1) is 10.1. The van der Waals surface area contributed by atoms with E-state index in [4.69, 9.17) is 9.15 Å². The van der Waals surface area contributed by atoms with Gasteiger partial charge in [-0.25, -0.2) is 0 Å². The highest BCUT2D eigenvalue weighted by Crippen LogP contribution is 2.48. The number of furan rings is 1. The van der Waals surface area contributed by atoms with Crippen LogP contribution in [0.4, 0.5) is 0 Å². The molecule has 0 bridgehead atoms. The molecule has 3 nitrogen and oxygen atoms in total. The number of Topliss-reactive ketones (excluding diaryl/α,β-unsaturated/α-hetero) is 1. The van der Waals surface area contributed by atoms with E-state index in [0.717, 1.165) is 17.4 Å². The number of ether oxygens (including phenoxy) is 1. The van der Waals surface area contributed by atoms with Gasteiger partial charge in [-0.05, 0) is 24.5 Å². The second-order valence-electron chi connectivity index (χ2n) is 4.91. The zero-order chi connectivity index (χ0) is 11.1. The Morgan fingerprint density at radius 1 is 1.31 bits per heavy atom. The molecule has 3 unspecified atom stereocenters. The molecule has 2 fully saturated rings. The number of ketones is 1. The number of carbonyl (C=O) groups is 1. The van der Waals surface area contributed by atoms with Gasteiger partial charge in [0.25, 0.3) is 0 Å². The summed E-state index contributed by atoms with van der Waals surface area (Å²) in [4.78, 5) is 11.3. The van der Waals surface area contributed by atoms with Crippen LogP contribution in [0.5, 0.6) is 0 Å². The molecule has 16 heavy (non-hydrogen) atoms. The SMILES string of the molecule is CC1CC1c1ccc(C2CC(=O)CCO2)o1. The summed E-state index contributed by atoms with van der Waals surface area (Å²) in [5, 5.41) is 0. The van der Waals surface area contributed by atoms with E-state index in [-0.39, 0.29) is 11.9 Å². The average molecular weight is 220 g/mol. The summed E-state index contributed by atoms with van der Waals surface area (Å²) in [6.07, 6.45) is 2.08. The minimum Gasteiger partial charge on any atom is -0.463 e. The van der Waals surface area contributed by atoms with E-state index < -0.39 is 0 Å². The molecule has 0 amide bonds. The minimum absolute atomic E-state index is 0.149. The van der Waals surface area contributed by atoms with Gasteiger partial charge in [0.05, 0.1) is 6.61 Å². The standard InChI is InChI=1S/C13H16O3/c1-8-6-10(8)11-2-3-12(16-11)13-7-9(14)4-5-15-13/h2-3,8,10,13H,4-7H2,1H3. The van der Waals surface area contributed by atoms with Crippen molar-refractivity contribution >= 4 is 5.78 Å². The van der Waals surface area contributed by atoms with Crippen LogP contribution >= 0.6 is 0 Å². The van der Waals surface area contributed by atoms with E-state index in [9.17, 15) is 4.79 Å². The molecule has 0 spiro atoms. The first-order valence-electron chi connectivity index (χ1n) is 5.97. The second kappa shape index (κ2) is 3.74. The molecule has 2 heterocycles. The Balaban J connectivity index is 1.74. The van der Waals surface area contributed by atoms with Gasteiger partial charge in [0.1, 0.15) is 23.4 Å². The highest BCUT2D eigenvalue weighted by Gasteiger charge is 2.37. The molecule has 1 aromatic rings. The third-order valence-corrected chi connectivity index (χ3v) is 3.55. The van der Waals surface area contributed by atoms with Crippen LogP contribution in [0.15, 0.2) is 16.5 Å². The maximum atomic E-state index is 11.3. The average Bonchev–Trinajstić information content (AvgIpc) is 2.81. The Labute approximate surface area is 94.8 Å². The first-order chi connectivity index (χ1) is 7.74. The Hall–Kier alpha value is -1.09. The molecule has 0 N–H and O–H groups in total. The van der Waals surface area contributed by atoms with Gasteiger partial charge in [-0.1, -0.05) is 6.92 Å². The molecule has 2 aliphatic rings. The van der Waals surface area contributed by atoms with Crippen LogP contribution in [0.2, 0.25) is 0 Å². The van der Waals surface area contributed by atoms with Crippen molar-refractivity contribution in [1.82, 2.24) is 0 Å². The second-order valence-corrected chi connectivity index (χ2v) is 4.91. The number of rotatable bonds is 2. The lowest BCUT2D eigenvalue weighted by atomic mass is 10.1. The van der Waals surface area contributed by atoms with Crippen LogP contribution in [-0.4, -0.2) is 12.4 Å². The Kier molecular flexibility index (Phi) is 2.36. The maximum Gasteiger partial charge on any atom is 0.138 e. The van der Waals surface area contributed by atoms with Crippen molar-refractivity contribution in [1.29, 1.82) is 0 Å². The molecule has 86 valence electrons. The van der Waals surface area contributed by atoms with E-state index >= 15 is 0 Å². The smallest absolute Gasteiger partial charge is 0.138 e. The van der Waals surface area contributed by atoms with Crippen LogP contribution in [0, 0.1) is 5.92 Å². The van der Waals surface area contributed by atoms with E-state index in [1.807, 2.05) is 12.1 Å². The number of carbonyl (C=O) groups excluding carboxylic acids is 1. The molecule has 0 aromatic carbocycles. The molecule has 1 aliphatic carbocycles. The summed E-state index contributed by atoms with van der Waals surface area (Å²) in [5.41, 5.74) is 0. The van der Waals surface area contributed by atoms with Gasteiger partial charge in [0, 0.05) is 18.8 Å². The normalized spacial score (nSPS) is 34.1. The molecule has 1 saturated carbocycles. The summed E-state index contributed by atoms with van der Waals surface area (Å²) in [5.74, 6) is 3.49. The number of hydrogen-bond donors (Lipinski definition) is 0. The van der Waals surface area contributed by atoms with Crippen LogP contribution in [0.1, 0.15) is 49.7 Å².